The van der Waals surface area contributed by atoms with Gasteiger partial charge in [0.25, 0.3) is 5.91 Å². The number of carbonyl (C=O) groups is 1. The Bertz CT molecular complexity index is 1080. The maximum Gasteiger partial charge on any atom is 0.321 e. The second-order valence-electron chi connectivity index (χ2n) is 7.46. The molecular formula is C21H17F5N2O. The minimum absolute atomic E-state index is 0.119. The maximum atomic E-state index is 14.3. The van der Waals surface area contributed by atoms with E-state index in [1.165, 1.54) is 30.3 Å². The third-order valence-corrected chi connectivity index (χ3v) is 5.28. The molecule has 29 heavy (non-hydrogen) atoms. The summed E-state index contributed by atoms with van der Waals surface area (Å²) in [5, 5.41) is 2.63. The number of hydrogen-bond acceptors (Lipinski definition) is 1. The van der Waals surface area contributed by atoms with Crippen LogP contribution in [-0.2, 0) is 4.79 Å². The van der Waals surface area contributed by atoms with Gasteiger partial charge in [0.05, 0.1) is 11.2 Å². The van der Waals surface area contributed by atoms with Gasteiger partial charge in [0, 0.05) is 24.4 Å². The summed E-state index contributed by atoms with van der Waals surface area (Å²) in [4.78, 5) is 14.4. The number of nitrogens with one attached hydrogen (secondary N) is 2. The summed E-state index contributed by atoms with van der Waals surface area (Å²) in [5.74, 6) is -6.97. The largest absolute Gasteiger partial charge is 0.352 e. The highest BCUT2D eigenvalue weighted by molar-refractivity contribution is 5.92. The average Bonchev–Trinajstić information content (AvgIpc) is 2.96. The Kier molecular flexibility index (Phi) is 4.59. The summed E-state index contributed by atoms with van der Waals surface area (Å²) in [6.07, 6.45) is 0.697. The van der Waals surface area contributed by atoms with Crippen LogP contribution in [0.3, 0.4) is 0 Å². The number of fused-ring (bicyclic) bond motifs is 1. The van der Waals surface area contributed by atoms with Crippen molar-refractivity contribution in [2.24, 2.45) is 0 Å². The fourth-order valence-electron chi connectivity index (χ4n) is 3.79. The van der Waals surface area contributed by atoms with Crippen molar-refractivity contribution in [3.8, 4) is 11.3 Å². The van der Waals surface area contributed by atoms with Gasteiger partial charge < -0.3 is 10.3 Å². The number of amides is 1. The molecule has 0 saturated heterocycles. The van der Waals surface area contributed by atoms with E-state index in [-0.39, 0.29) is 11.4 Å². The van der Waals surface area contributed by atoms with E-state index in [9.17, 15) is 26.7 Å². The smallest absolute Gasteiger partial charge is 0.321 e. The Morgan fingerprint density at radius 3 is 2.34 bits per heavy atom. The second-order valence-corrected chi connectivity index (χ2v) is 7.46. The molecule has 3 nitrogen and oxygen atoms in total. The highest BCUT2D eigenvalue weighted by atomic mass is 19.3. The molecule has 0 bridgehead atoms. The molecule has 0 radical (unpaired) electrons. The predicted octanol–water partition coefficient (Wildman–Crippen LogP) is 5.27. The van der Waals surface area contributed by atoms with Crippen LogP contribution in [0.4, 0.5) is 22.0 Å². The molecule has 3 aromatic rings. The fourth-order valence-corrected chi connectivity index (χ4v) is 3.79. The first-order valence-electron chi connectivity index (χ1n) is 9.09. The van der Waals surface area contributed by atoms with Gasteiger partial charge in [-0.3, -0.25) is 4.79 Å². The second kappa shape index (κ2) is 6.86. The number of aromatic nitrogens is 1. The Morgan fingerprint density at radius 2 is 1.72 bits per heavy atom. The highest BCUT2D eigenvalue weighted by Gasteiger charge is 2.39. The van der Waals surface area contributed by atoms with Gasteiger partial charge in [-0.25, -0.2) is 13.2 Å². The van der Waals surface area contributed by atoms with Crippen molar-refractivity contribution in [3.63, 3.8) is 0 Å². The van der Waals surface area contributed by atoms with Gasteiger partial charge in [0.1, 0.15) is 17.5 Å². The molecule has 1 aromatic heterocycles. The summed E-state index contributed by atoms with van der Waals surface area (Å²) in [6.45, 7) is 0.524. The molecule has 1 fully saturated rings. The summed E-state index contributed by atoms with van der Waals surface area (Å²) >= 11 is 0. The summed E-state index contributed by atoms with van der Waals surface area (Å²) < 4.78 is 67.7. The molecule has 1 aliphatic rings. The molecule has 1 amide bonds. The minimum atomic E-state index is -3.47. The number of H-pyrrole nitrogens is 1. The molecule has 2 aromatic carbocycles. The number of rotatable bonds is 4. The zero-order valence-corrected chi connectivity index (χ0v) is 15.3. The molecule has 2 N–H and O–H groups in total. The van der Waals surface area contributed by atoms with Gasteiger partial charge in [0.2, 0.25) is 0 Å². The molecule has 152 valence electrons. The van der Waals surface area contributed by atoms with E-state index in [1.807, 2.05) is 0 Å². The molecule has 1 aliphatic carbocycles. The molecule has 1 saturated carbocycles. The Balaban J connectivity index is 1.71. The molecule has 0 aliphatic heterocycles. The van der Waals surface area contributed by atoms with Crippen molar-refractivity contribution >= 4 is 16.8 Å². The van der Waals surface area contributed by atoms with Gasteiger partial charge in [-0.05, 0) is 60.2 Å². The standard InChI is InChI=1S/C21H17F5N2O/c1-21(25,26)20(29)27-14-6-11(7-14)17-15-8-13(23)9-16(24)19(15)28-18(17)10-2-4-12(22)5-3-10/h2-5,8-9,11,14,28H,6-7H2,1H3,(H,27,29)/t11-,14+. The molecule has 4 rings (SSSR count). The first-order valence-corrected chi connectivity index (χ1v) is 9.09. The Morgan fingerprint density at radius 1 is 1.07 bits per heavy atom. The Labute approximate surface area is 162 Å². The summed E-state index contributed by atoms with van der Waals surface area (Å²) in [7, 11) is 0. The van der Waals surface area contributed by atoms with E-state index in [0.717, 1.165) is 6.07 Å². The third kappa shape index (κ3) is 3.59. The maximum absolute atomic E-state index is 14.3. The van der Waals surface area contributed by atoms with Crippen LogP contribution in [-0.4, -0.2) is 22.9 Å². The lowest BCUT2D eigenvalue weighted by atomic mass is 9.74. The minimum Gasteiger partial charge on any atom is -0.352 e. The van der Waals surface area contributed by atoms with Crippen molar-refractivity contribution in [2.75, 3.05) is 0 Å². The molecule has 0 spiro atoms. The monoisotopic (exact) mass is 408 g/mol. The first-order chi connectivity index (χ1) is 13.6. The molecule has 0 unspecified atom stereocenters. The van der Waals surface area contributed by atoms with Crippen LogP contribution < -0.4 is 5.32 Å². The average molecular weight is 408 g/mol. The van der Waals surface area contributed by atoms with Crippen LogP contribution >= 0.6 is 0 Å². The summed E-state index contributed by atoms with van der Waals surface area (Å²) in [5.41, 5.74) is 1.84. The zero-order valence-electron chi connectivity index (χ0n) is 15.3. The van der Waals surface area contributed by atoms with Gasteiger partial charge in [0.15, 0.2) is 0 Å². The molecular weight excluding hydrogens is 391 g/mol. The lowest BCUT2D eigenvalue weighted by Gasteiger charge is -2.37. The van der Waals surface area contributed by atoms with Crippen LogP contribution in [0.15, 0.2) is 36.4 Å². The number of carbonyl (C=O) groups excluding carboxylic acids is 1. The van der Waals surface area contributed by atoms with Crippen molar-refractivity contribution in [1.29, 1.82) is 0 Å². The number of halogens is 5. The van der Waals surface area contributed by atoms with Crippen molar-refractivity contribution in [1.82, 2.24) is 10.3 Å². The number of benzene rings is 2. The van der Waals surface area contributed by atoms with Crippen molar-refractivity contribution in [2.45, 2.75) is 37.6 Å². The van der Waals surface area contributed by atoms with Gasteiger partial charge in [-0.2, -0.15) is 8.78 Å². The quantitative estimate of drug-likeness (QED) is 0.568. The topological polar surface area (TPSA) is 44.9 Å². The van der Waals surface area contributed by atoms with E-state index >= 15 is 0 Å². The van der Waals surface area contributed by atoms with Gasteiger partial charge >= 0.3 is 5.92 Å². The van der Waals surface area contributed by atoms with Gasteiger partial charge in [-0.1, -0.05) is 0 Å². The Hall–Kier alpha value is -2.90. The van der Waals surface area contributed by atoms with Gasteiger partial charge in [-0.15, -0.1) is 0 Å². The van der Waals surface area contributed by atoms with Crippen molar-refractivity contribution < 1.29 is 26.7 Å². The number of aromatic amines is 1. The molecule has 0 atom stereocenters. The lowest BCUT2D eigenvalue weighted by molar-refractivity contribution is -0.144. The number of alkyl halides is 2. The van der Waals surface area contributed by atoms with Crippen molar-refractivity contribution in [3.05, 3.63) is 59.4 Å². The normalized spacial score (nSPS) is 19.2. The van der Waals surface area contributed by atoms with E-state index in [1.54, 1.807) is 0 Å². The zero-order chi connectivity index (χ0) is 20.9. The number of hydrogen-bond donors (Lipinski definition) is 2. The lowest BCUT2D eigenvalue weighted by Crippen LogP contribution is -2.48. The molecule has 8 heteroatoms. The van der Waals surface area contributed by atoms with E-state index in [4.69, 9.17) is 0 Å². The van der Waals surface area contributed by atoms with Crippen LogP contribution in [0.2, 0.25) is 0 Å². The molecule has 1 heterocycles. The fraction of sp³-hybridized carbons (Fsp3) is 0.286. The third-order valence-electron chi connectivity index (χ3n) is 5.28. The van der Waals surface area contributed by atoms with Crippen LogP contribution in [0.5, 0.6) is 0 Å². The highest BCUT2D eigenvalue weighted by Crippen LogP contribution is 2.45. The van der Waals surface area contributed by atoms with Crippen LogP contribution in [0.1, 0.15) is 31.2 Å². The van der Waals surface area contributed by atoms with E-state index in [2.05, 4.69) is 10.3 Å². The summed E-state index contributed by atoms with van der Waals surface area (Å²) in [6, 6.07) is 7.08. The van der Waals surface area contributed by atoms with E-state index < -0.39 is 35.3 Å². The SMILES string of the molecule is CC(F)(F)C(=O)N[C@H]1C[C@@H](c2c(-c3ccc(F)cc3)[nH]c3c(F)cc(F)cc32)C1. The first kappa shape index (κ1) is 19.4. The van der Waals surface area contributed by atoms with Crippen LogP contribution in [0, 0.1) is 17.5 Å². The van der Waals surface area contributed by atoms with E-state index in [0.29, 0.717) is 42.0 Å². The van der Waals surface area contributed by atoms with Crippen LogP contribution in [0.25, 0.3) is 22.2 Å². The predicted molar refractivity (Wildman–Crippen MR) is 98.1 cm³/mol.